The molecular formula is C11H17F3O. The van der Waals surface area contributed by atoms with Gasteiger partial charge in [0, 0.05) is 6.42 Å². The van der Waals surface area contributed by atoms with Crippen LogP contribution in [0.15, 0.2) is 0 Å². The Balaban J connectivity index is 1.64. The molecule has 0 aromatic heterocycles. The third-order valence-electron chi connectivity index (χ3n) is 3.88. The van der Waals surface area contributed by atoms with Crippen LogP contribution >= 0.6 is 0 Å². The molecule has 0 amide bonds. The lowest BCUT2D eigenvalue weighted by atomic mass is 10.0. The van der Waals surface area contributed by atoms with Gasteiger partial charge >= 0.3 is 6.18 Å². The summed E-state index contributed by atoms with van der Waals surface area (Å²) in [5.74, 6) is 1.59. The van der Waals surface area contributed by atoms with Crippen molar-refractivity contribution in [1.29, 1.82) is 0 Å². The molecule has 0 spiro atoms. The summed E-state index contributed by atoms with van der Waals surface area (Å²) in [4.78, 5) is 0. The van der Waals surface area contributed by atoms with E-state index in [4.69, 9.17) is 0 Å². The Hall–Kier alpha value is -0.250. The summed E-state index contributed by atoms with van der Waals surface area (Å²) in [6, 6.07) is 0. The first-order valence-corrected chi connectivity index (χ1v) is 5.74. The topological polar surface area (TPSA) is 20.2 Å². The van der Waals surface area contributed by atoms with Crippen molar-refractivity contribution in [3.63, 3.8) is 0 Å². The molecule has 1 N–H and O–H groups in total. The van der Waals surface area contributed by atoms with Crippen LogP contribution in [0.2, 0.25) is 0 Å². The van der Waals surface area contributed by atoms with Crippen LogP contribution in [0.4, 0.5) is 13.2 Å². The average Bonchev–Trinajstić information content (AvgIpc) is 2.58. The Morgan fingerprint density at radius 3 is 2.33 bits per heavy atom. The van der Waals surface area contributed by atoms with Crippen LogP contribution in [-0.2, 0) is 0 Å². The summed E-state index contributed by atoms with van der Waals surface area (Å²) in [5.41, 5.74) is 0. The zero-order chi connectivity index (χ0) is 11.1. The van der Waals surface area contributed by atoms with Gasteiger partial charge < -0.3 is 5.11 Å². The number of hydrogen-bond acceptors (Lipinski definition) is 1. The van der Waals surface area contributed by atoms with Gasteiger partial charge in [0.25, 0.3) is 0 Å². The van der Waals surface area contributed by atoms with Crippen molar-refractivity contribution in [2.45, 2.75) is 50.8 Å². The zero-order valence-electron chi connectivity index (χ0n) is 8.63. The molecule has 3 unspecified atom stereocenters. The van der Waals surface area contributed by atoms with E-state index >= 15 is 0 Å². The van der Waals surface area contributed by atoms with E-state index < -0.39 is 18.7 Å². The van der Waals surface area contributed by atoms with Gasteiger partial charge in [0.05, 0.1) is 6.10 Å². The van der Waals surface area contributed by atoms with Gasteiger partial charge in [-0.2, -0.15) is 13.2 Å². The fourth-order valence-corrected chi connectivity index (χ4v) is 3.15. The van der Waals surface area contributed by atoms with E-state index in [1.165, 1.54) is 19.3 Å². The Morgan fingerprint density at radius 2 is 1.80 bits per heavy atom. The monoisotopic (exact) mass is 222 g/mol. The van der Waals surface area contributed by atoms with Gasteiger partial charge in [-0.15, -0.1) is 0 Å². The van der Waals surface area contributed by atoms with Crippen LogP contribution in [0.1, 0.15) is 38.5 Å². The lowest BCUT2D eigenvalue weighted by molar-refractivity contribution is -0.136. The molecule has 2 aliphatic carbocycles. The molecule has 0 heterocycles. The normalized spacial score (nSPS) is 36.4. The SMILES string of the molecule is OC(CCCC(F)(F)F)C1C2CCCC21. The Labute approximate surface area is 87.7 Å². The largest absolute Gasteiger partial charge is 0.393 e. The molecule has 2 rings (SSSR count). The van der Waals surface area contributed by atoms with Crippen molar-refractivity contribution in [2.24, 2.45) is 17.8 Å². The van der Waals surface area contributed by atoms with E-state index in [1.807, 2.05) is 0 Å². The second-order valence-electron chi connectivity index (χ2n) is 4.91. The second-order valence-corrected chi connectivity index (χ2v) is 4.91. The molecule has 2 aliphatic rings. The van der Waals surface area contributed by atoms with E-state index in [9.17, 15) is 18.3 Å². The molecule has 3 atom stereocenters. The molecule has 0 radical (unpaired) electrons. The molecule has 88 valence electrons. The average molecular weight is 222 g/mol. The fourth-order valence-electron chi connectivity index (χ4n) is 3.15. The maximum absolute atomic E-state index is 11.9. The standard InChI is InChI=1S/C11H17F3O/c12-11(13,14)6-2-5-9(15)10-7-3-1-4-8(7)10/h7-10,15H,1-6H2. The number of fused-ring (bicyclic) bond motifs is 1. The fraction of sp³-hybridized carbons (Fsp3) is 1.00. The van der Waals surface area contributed by atoms with E-state index in [2.05, 4.69) is 0 Å². The van der Waals surface area contributed by atoms with Gasteiger partial charge in [0.2, 0.25) is 0 Å². The van der Waals surface area contributed by atoms with Crippen molar-refractivity contribution >= 4 is 0 Å². The quantitative estimate of drug-likeness (QED) is 0.774. The van der Waals surface area contributed by atoms with E-state index in [-0.39, 0.29) is 6.42 Å². The van der Waals surface area contributed by atoms with Gasteiger partial charge in [0.15, 0.2) is 0 Å². The minimum atomic E-state index is -4.07. The third-order valence-corrected chi connectivity index (χ3v) is 3.88. The second kappa shape index (κ2) is 3.96. The molecule has 0 aromatic carbocycles. The predicted molar refractivity (Wildman–Crippen MR) is 50.2 cm³/mol. The van der Waals surface area contributed by atoms with Crippen molar-refractivity contribution in [3.8, 4) is 0 Å². The van der Waals surface area contributed by atoms with Crippen molar-refractivity contribution in [3.05, 3.63) is 0 Å². The van der Waals surface area contributed by atoms with Crippen LogP contribution in [-0.4, -0.2) is 17.4 Å². The van der Waals surface area contributed by atoms with E-state index in [1.54, 1.807) is 0 Å². The number of aliphatic hydroxyl groups excluding tert-OH is 1. The molecule has 0 aliphatic heterocycles. The van der Waals surface area contributed by atoms with Crippen LogP contribution in [0.25, 0.3) is 0 Å². The van der Waals surface area contributed by atoms with Gasteiger partial charge in [-0.25, -0.2) is 0 Å². The molecular weight excluding hydrogens is 205 g/mol. The highest BCUT2D eigenvalue weighted by molar-refractivity contribution is 5.03. The first kappa shape index (κ1) is 11.2. The molecule has 1 nitrogen and oxygen atoms in total. The minimum Gasteiger partial charge on any atom is -0.393 e. The first-order valence-electron chi connectivity index (χ1n) is 5.74. The summed E-state index contributed by atoms with van der Waals surface area (Å²) in [5, 5.41) is 9.72. The smallest absolute Gasteiger partial charge is 0.389 e. The maximum Gasteiger partial charge on any atom is 0.389 e. The van der Waals surface area contributed by atoms with Gasteiger partial charge in [-0.1, -0.05) is 6.42 Å². The number of alkyl halides is 3. The van der Waals surface area contributed by atoms with E-state index in [0.717, 1.165) is 0 Å². The third kappa shape index (κ3) is 2.65. The van der Waals surface area contributed by atoms with Crippen LogP contribution < -0.4 is 0 Å². The summed E-state index contributed by atoms with van der Waals surface area (Å²) < 4.78 is 35.6. The van der Waals surface area contributed by atoms with Crippen LogP contribution in [0.5, 0.6) is 0 Å². The minimum absolute atomic E-state index is 0.0700. The Morgan fingerprint density at radius 1 is 1.20 bits per heavy atom. The molecule has 0 saturated heterocycles. The molecule has 0 aromatic rings. The number of rotatable bonds is 4. The zero-order valence-corrected chi connectivity index (χ0v) is 8.63. The highest BCUT2D eigenvalue weighted by atomic mass is 19.4. The van der Waals surface area contributed by atoms with Gasteiger partial charge in [-0.3, -0.25) is 0 Å². The van der Waals surface area contributed by atoms with Gasteiger partial charge in [0.1, 0.15) is 0 Å². The number of aliphatic hydroxyl groups is 1. The van der Waals surface area contributed by atoms with E-state index in [0.29, 0.717) is 24.2 Å². The summed E-state index contributed by atoms with van der Waals surface area (Å²) in [7, 11) is 0. The summed E-state index contributed by atoms with van der Waals surface area (Å²) in [6.07, 6.45) is -1.34. The first-order chi connectivity index (χ1) is 6.99. The molecule has 4 heteroatoms. The molecule has 2 fully saturated rings. The molecule has 2 saturated carbocycles. The predicted octanol–water partition coefficient (Wildman–Crippen LogP) is 3.13. The Kier molecular flexibility index (Phi) is 2.97. The molecule has 0 bridgehead atoms. The van der Waals surface area contributed by atoms with Crippen molar-refractivity contribution < 1.29 is 18.3 Å². The summed E-state index contributed by atoms with van der Waals surface area (Å²) in [6.45, 7) is 0. The molecule has 15 heavy (non-hydrogen) atoms. The van der Waals surface area contributed by atoms with Crippen molar-refractivity contribution in [2.75, 3.05) is 0 Å². The van der Waals surface area contributed by atoms with Crippen molar-refractivity contribution in [1.82, 2.24) is 0 Å². The Bertz CT molecular complexity index is 216. The lowest BCUT2D eigenvalue weighted by Crippen LogP contribution is -2.15. The summed E-state index contributed by atoms with van der Waals surface area (Å²) >= 11 is 0. The number of hydrogen-bond donors (Lipinski definition) is 1. The highest BCUT2D eigenvalue weighted by Gasteiger charge is 2.55. The van der Waals surface area contributed by atoms with Gasteiger partial charge in [-0.05, 0) is 43.4 Å². The lowest BCUT2D eigenvalue weighted by Gasteiger charge is -2.13. The highest BCUT2D eigenvalue weighted by Crippen LogP contribution is 2.59. The van der Waals surface area contributed by atoms with Crippen LogP contribution in [0.3, 0.4) is 0 Å². The number of halogens is 3. The van der Waals surface area contributed by atoms with Crippen LogP contribution in [0, 0.1) is 17.8 Å². The maximum atomic E-state index is 11.9.